The second-order valence-electron chi connectivity index (χ2n) is 7.60. The lowest BCUT2D eigenvalue weighted by Gasteiger charge is -2.41. The average Bonchev–Trinajstić information content (AvgIpc) is 2.71. The first kappa shape index (κ1) is 21.5. The van der Waals surface area contributed by atoms with Gasteiger partial charge in [0.05, 0.1) is 12.2 Å². The maximum atomic E-state index is 13.8. The Labute approximate surface area is 171 Å². The van der Waals surface area contributed by atoms with Crippen molar-refractivity contribution < 1.29 is 24.1 Å². The molecule has 2 aromatic carbocycles. The Kier molecular flexibility index (Phi) is 7.06. The summed E-state index contributed by atoms with van der Waals surface area (Å²) in [5.74, 6) is -0.0448. The van der Waals surface area contributed by atoms with Crippen molar-refractivity contribution in [2.75, 3.05) is 0 Å². The molecule has 3 rings (SSSR count). The molecule has 5 atom stereocenters. The number of hydrogen-bond donors (Lipinski definition) is 2. The first-order valence-electron chi connectivity index (χ1n) is 10.1. The third-order valence-corrected chi connectivity index (χ3v) is 5.45. The second kappa shape index (κ2) is 9.53. The van der Waals surface area contributed by atoms with Gasteiger partial charge in [-0.05, 0) is 53.8 Å². The topological polar surface area (TPSA) is 58.9 Å². The van der Waals surface area contributed by atoms with E-state index in [1.54, 1.807) is 12.1 Å². The fourth-order valence-corrected chi connectivity index (χ4v) is 3.78. The van der Waals surface area contributed by atoms with Gasteiger partial charge in [0, 0.05) is 5.92 Å². The highest BCUT2D eigenvalue weighted by atomic mass is 19.1. The summed E-state index contributed by atoms with van der Waals surface area (Å²) in [4.78, 5) is 0. The van der Waals surface area contributed by atoms with Crippen LogP contribution in [0.3, 0.4) is 0 Å². The molecule has 156 valence electrons. The van der Waals surface area contributed by atoms with Crippen molar-refractivity contribution in [2.24, 2.45) is 5.92 Å². The number of aliphatic hydroxyl groups excluding tert-OH is 2. The van der Waals surface area contributed by atoms with Crippen LogP contribution in [0, 0.1) is 11.7 Å². The highest BCUT2D eigenvalue weighted by molar-refractivity contribution is 5.69. The Bertz CT molecular complexity index is 837. The van der Waals surface area contributed by atoms with Crippen LogP contribution >= 0.6 is 0 Å². The quantitative estimate of drug-likeness (QED) is 0.673. The summed E-state index contributed by atoms with van der Waals surface area (Å²) in [6.07, 6.45) is 0.673. The Morgan fingerprint density at radius 3 is 2.66 bits per heavy atom. The van der Waals surface area contributed by atoms with E-state index >= 15 is 0 Å². The zero-order valence-corrected chi connectivity index (χ0v) is 16.9. The van der Waals surface area contributed by atoms with Gasteiger partial charge in [0.2, 0.25) is 6.29 Å². The zero-order valence-electron chi connectivity index (χ0n) is 16.9. The van der Waals surface area contributed by atoms with Crippen LogP contribution in [-0.2, 0) is 11.2 Å². The van der Waals surface area contributed by atoms with Crippen molar-refractivity contribution in [2.45, 2.75) is 57.7 Å². The van der Waals surface area contributed by atoms with E-state index in [4.69, 9.17) is 9.47 Å². The largest absolute Gasteiger partial charge is 0.462 e. The van der Waals surface area contributed by atoms with Crippen LogP contribution in [0.2, 0.25) is 0 Å². The minimum Gasteiger partial charge on any atom is -0.462 e. The molecule has 0 amide bonds. The highest BCUT2D eigenvalue weighted by Gasteiger charge is 2.42. The fraction of sp³-hybridized carbons (Fsp3) is 0.417. The van der Waals surface area contributed by atoms with Gasteiger partial charge in [0.1, 0.15) is 17.7 Å². The Morgan fingerprint density at radius 2 is 1.97 bits per heavy atom. The molecule has 5 heteroatoms. The summed E-state index contributed by atoms with van der Waals surface area (Å²) in [7, 11) is 0. The average molecular weight is 400 g/mol. The molecule has 1 fully saturated rings. The van der Waals surface area contributed by atoms with Crippen LogP contribution in [0.4, 0.5) is 4.39 Å². The molecule has 2 N–H and O–H groups in total. The van der Waals surface area contributed by atoms with E-state index in [1.165, 1.54) is 12.1 Å². The second-order valence-corrected chi connectivity index (χ2v) is 7.60. The van der Waals surface area contributed by atoms with Gasteiger partial charge >= 0.3 is 0 Å². The minimum atomic E-state index is -1.17. The van der Waals surface area contributed by atoms with Gasteiger partial charge in [0.25, 0.3) is 0 Å². The monoisotopic (exact) mass is 400 g/mol. The fourth-order valence-electron chi connectivity index (χ4n) is 3.78. The number of ether oxygens (including phenoxy) is 2. The molecule has 0 saturated carbocycles. The third kappa shape index (κ3) is 4.86. The third-order valence-electron chi connectivity index (χ3n) is 5.45. The highest BCUT2D eigenvalue weighted by Crippen LogP contribution is 2.33. The van der Waals surface area contributed by atoms with E-state index in [0.717, 1.165) is 29.5 Å². The normalized spacial score (nSPS) is 26.9. The minimum absolute atomic E-state index is 0.238. The van der Waals surface area contributed by atoms with Crippen molar-refractivity contribution in [1.82, 2.24) is 0 Å². The number of rotatable bonds is 7. The van der Waals surface area contributed by atoms with Gasteiger partial charge in [-0.1, -0.05) is 44.5 Å². The van der Waals surface area contributed by atoms with Crippen LogP contribution in [0.5, 0.6) is 5.75 Å². The molecule has 4 nitrogen and oxygen atoms in total. The number of hydrogen-bond acceptors (Lipinski definition) is 4. The van der Waals surface area contributed by atoms with Crippen LogP contribution in [-0.4, -0.2) is 34.8 Å². The van der Waals surface area contributed by atoms with Crippen molar-refractivity contribution in [1.29, 1.82) is 0 Å². The molecule has 0 bridgehead atoms. The predicted octanol–water partition coefficient (Wildman–Crippen LogP) is 4.48. The van der Waals surface area contributed by atoms with E-state index in [1.807, 2.05) is 31.2 Å². The first-order chi connectivity index (χ1) is 13.9. The van der Waals surface area contributed by atoms with Crippen LogP contribution in [0.15, 0.2) is 55.1 Å². The molecule has 0 aliphatic carbocycles. The summed E-state index contributed by atoms with van der Waals surface area (Å²) >= 11 is 0. The number of halogens is 1. The smallest absolute Gasteiger partial charge is 0.228 e. The number of aryl methyl sites for hydroxylation is 1. The Morgan fingerprint density at radius 1 is 1.17 bits per heavy atom. The molecular formula is C24H29FO4. The lowest BCUT2D eigenvalue weighted by Crippen LogP contribution is -2.55. The standard InChI is InChI=1S/C24H29FO4/c1-4-7-16-11-12-19(14-20(16)17-9-6-10-18(25)13-17)28-24-23(27)22(26)15(3)21(29-24)8-5-2/h5-6,9-15,21-24,26-27H,2,4,7-8H2,1,3H3/t15-,21+,22+,23+,24-/m0/s1. The maximum absolute atomic E-state index is 13.8. The molecule has 0 spiro atoms. The molecule has 1 heterocycles. The summed E-state index contributed by atoms with van der Waals surface area (Å²) in [5, 5.41) is 20.8. The molecule has 2 aromatic rings. The summed E-state index contributed by atoms with van der Waals surface area (Å²) in [6.45, 7) is 7.65. The summed E-state index contributed by atoms with van der Waals surface area (Å²) in [5.41, 5.74) is 2.74. The van der Waals surface area contributed by atoms with Gasteiger partial charge in [0.15, 0.2) is 0 Å². The van der Waals surface area contributed by atoms with E-state index in [0.29, 0.717) is 12.2 Å². The van der Waals surface area contributed by atoms with E-state index in [2.05, 4.69) is 13.5 Å². The van der Waals surface area contributed by atoms with Crippen molar-refractivity contribution in [3.63, 3.8) is 0 Å². The lowest BCUT2D eigenvalue weighted by molar-refractivity contribution is -0.254. The van der Waals surface area contributed by atoms with Crippen molar-refractivity contribution in [3.05, 3.63) is 66.5 Å². The van der Waals surface area contributed by atoms with E-state index in [-0.39, 0.29) is 17.8 Å². The van der Waals surface area contributed by atoms with Crippen LogP contribution in [0.1, 0.15) is 32.3 Å². The molecule has 0 aromatic heterocycles. The molecule has 0 unspecified atom stereocenters. The predicted molar refractivity (Wildman–Crippen MR) is 111 cm³/mol. The van der Waals surface area contributed by atoms with Gasteiger partial charge < -0.3 is 19.7 Å². The number of benzene rings is 2. The molecule has 29 heavy (non-hydrogen) atoms. The Balaban J connectivity index is 1.89. The molecule has 1 saturated heterocycles. The maximum Gasteiger partial charge on any atom is 0.228 e. The molecule has 0 radical (unpaired) electrons. The molecule has 1 aliphatic rings. The van der Waals surface area contributed by atoms with Gasteiger partial charge in [-0.3, -0.25) is 0 Å². The van der Waals surface area contributed by atoms with Crippen molar-refractivity contribution >= 4 is 0 Å². The Hall–Kier alpha value is -2.21. The zero-order chi connectivity index (χ0) is 21.0. The lowest BCUT2D eigenvalue weighted by atomic mass is 9.89. The number of aliphatic hydroxyl groups is 2. The molecule has 1 aliphatic heterocycles. The van der Waals surface area contributed by atoms with Crippen LogP contribution < -0.4 is 4.74 Å². The first-order valence-corrected chi connectivity index (χ1v) is 10.1. The SMILES string of the molecule is C=CC[C@H]1O[C@H](Oc2ccc(CCC)c(-c3cccc(F)c3)c2)[C@H](O)[C@H](O)[C@H]1C. The van der Waals surface area contributed by atoms with Gasteiger partial charge in [-0.25, -0.2) is 4.39 Å². The van der Waals surface area contributed by atoms with Crippen molar-refractivity contribution in [3.8, 4) is 16.9 Å². The van der Waals surface area contributed by atoms with Crippen LogP contribution in [0.25, 0.3) is 11.1 Å². The summed E-state index contributed by atoms with van der Waals surface area (Å²) < 4.78 is 25.6. The van der Waals surface area contributed by atoms with Gasteiger partial charge in [-0.15, -0.1) is 6.58 Å². The van der Waals surface area contributed by atoms with Gasteiger partial charge in [-0.2, -0.15) is 0 Å². The molecular weight excluding hydrogens is 371 g/mol. The van der Waals surface area contributed by atoms with E-state index < -0.39 is 18.5 Å². The summed E-state index contributed by atoms with van der Waals surface area (Å²) in [6, 6.07) is 12.1. The van der Waals surface area contributed by atoms with E-state index in [9.17, 15) is 14.6 Å².